The van der Waals surface area contributed by atoms with Crippen LogP contribution in [-0.2, 0) is 6.42 Å². The number of benzene rings is 1. The van der Waals surface area contributed by atoms with Crippen LogP contribution < -0.4 is 5.73 Å². The Morgan fingerprint density at radius 2 is 1.86 bits per heavy atom. The topological polar surface area (TPSA) is 46.2 Å². The zero-order valence-corrected chi connectivity index (χ0v) is 7.93. The molecule has 0 fully saturated rings. The van der Waals surface area contributed by atoms with Crippen molar-refractivity contribution < 1.29 is 13.9 Å². The number of hydrogen-bond donors (Lipinski definition) is 2. The van der Waals surface area contributed by atoms with Crippen LogP contribution in [0.5, 0.6) is 0 Å². The summed E-state index contributed by atoms with van der Waals surface area (Å²) in [6.45, 7) is 1.33. The maximum atomic E-state index is 13.2. The molecule has 1 rings (SSSR count). The van der Waals surface area contributed by atoms with Gasteiger partial charge in [-0.05, 0) is 31.0 Å². The van der Waals surface area contributed by atoms with Gasteiger partial charge in [-0.2, -0.15) is 0 Å². The summed E-state index contributed by atoms with van der Waals surface area (Å²) in [6, 6.07) is 1.88. The Morgan fingerprint density at radius 3 is 2.29 bits per heavy atom. The molecule has 0 spiro atoms. The van der Waals surface area contributed by atoms with Crippen LogP contribution in [-0.4, -0.2) is 17.8 Å². The summed E-state index contributed by atoms with van der Waals surface area (Å²) in [5.74, 6) is -1.21. The lowest BCUT2D eigenvalue weighted by Gasteiger charge is -2.10. The monoisotopic (exact) mass is 201 g/mol. The maximum absolute atomic E-state index is 13.2. The van der Waals surface area contributed by atoms with Gasteiger partial charge in [0, 0.05) is 11.6 Å². The van der Waals surface area contributed by atoms with E-state index >= 15 is 0 Å². The average Bonchev–Trinajstić information content (AvgIpc) is 2.10. The number of aliphatic hydroxyl groups is 1. The molecule has 78 valence electrons. The molecule has 0 radical (unpaired) electrons. The van der Waals surface area contributed by atoms with Gasteiger partial charge >= 0.3 is 0 Å². The molecule has 0 aliphatic heterocycles. The van der Waals surface area contributed by atoms with Gasteiger partial charge in [0.05, 0.1) is 6.61 Å². The molecule has 3 N–H and O–H groups in total. The second-order valence-electron chi connectivity index (χ2n) is 3.35. The van der Waals surface area contributed by atoms with Crippen molar-refractivity contribution in [1.82, 2.24) is 0 Å². The van der Waals surface area contributed by atoms with Crippen LogP contribution in [0.2, 0.25) is 0 Å². The van der Waals surface area contributed by atoms with Crippen LogP contribution in [0, 0.1) is 18.6 Å². The van der Waals surface area contributed by atoms with Crippen molar-refractivity contribution >= 4 is 0 Å². The molecular weight excluding hydrogens is 188 g/mol. The van der Waals surface area contributed by atoms with Gasteiger partial charge in [-0.1, -0.05) is 0 Å². The standard InChI is InChI=1S/C10H13F2NO/c1-6-2-9(11)8(10(12)3-6)4-7(13)5-14/h2-3,7,14H,4-5,13H2,1H3. The smallest absolute Gasteiger partial charge is 0.129 e. The molecule has 14 heavy (non-hydrogen) atoms. The van der Waals surface area contributed by atoms with Crippen LogP contribution in [0.1, 0.15) is 11.1 Å². The Labute approximate surface area is 81.4 Å². The largest absolute Gasteiger partial charge is 0.395 e. The Kier molecular flexibility index (Phi) is 3.55. The lowest BCUT2D eigenvalue weighted by atomic mass is 10.0. The molecule has 2 nitrogen and oxygen atoms in total. The van der Waals surface area contributed by atoms with Crippen molar-refractivity contribution in [2.24, 2.45) is 5.73 Å². The summed E-state index contributed by atoms with van der Waals surface area (Å²) in [4.78, 5) is 0. The van der Waals surface area contributed by atoms with Crippen molar-refractivity contribution in [3.05, 3.63) is 34.9 Å². The zero-order chi connectivity index (χ0) is 10.7. The molecule has 0 amide bonds. The molecule has 0 aliphatic rings. The van der Waals surface area contributed by atoms with Crippen LogP contribution in [0.4, 0.5) is 8.78 Å². The van der Waals surface area contributed by atoms with Gasteiger partial charge in [0.25, 0.3) is 0 Å². The Morgan fingerprint density at radius 1 is 1.36 bits per heavy atom. The van der Waals surface area contributed by atoms with Crippen LogP contribution >= 0.6 is 0 Å². The summed E-state index contributed by atoms with van der Waals surface area (Å²) >= 11 is 0. The molecule has 0 aromatic heterocycles. The molecule has 1 aromatic carbocycles. The molecule has 4 heteroatoms. The molecule has 1 aromatic rings. The van der Waals surface area contributed by atoms with Crippen LogP contribution in [0.15, 0.2) is 12.1 Å². The zero-order valence-electron chi connectivity index (χ0n) is 7.93. The fourth-order valence-electron chi connectivity index (χ4n) is 1.25. The van der Waals surface area contributed by atoms with Crippen molar-refractivity contribution in [1.29, 1.82) is 0 Å². The van der Waals surface area contributed by atoms with Crippen molar-refractivity contribution in [3.8, 4) is 0 Å². The summed E-state index contributed by atoms with van der Waals surface area (Å²) in [7, 11) is 0. The molecule has 0 bridgehead atoms. The molecule has 0 saturated carbocycles. The van der Waals surface area contributed by atoms with E-state index in [0.29, 0.717) is 5.56 Å². The van der Waals surface area contributed by atoms with Gasteiger partial charge < -0.3 is 10.8 Å². The molecule has 0 saturated heterocycles. The molecular formula is C10H13F2NO. The van der Waals surface area contributed by atoms with E-state index in [0.717, 1.165) is 0 Å². The van der Waals surface area contributed by atoms with Crippen LogP contribution in [0.25, 0.3) is 0 Å². The number of nitrogens with two attached hydrogens (primary N) is 1. The molecule has 1 unspecified atom stereocenters. The van der Waals surface area contributed by atoms with E-state index in [1.807, 2.05) is 0 Å². The average molecular weight is 201 g/mol. The summed E-state index contributed by atoms with van der Waals surface area (Å²) in [6.07, 6.45) is 0.00838. The first kappa shape index (κ1) is 11.1. The summed E-state index contributed by atoms with van der Waals surface area (Å²) in [5.41, 5.74) is 5.87. The third-order valence-corrected chi connectivity index (χ3v) is 1.99. The van der Waals surface area contributed by atoms with Crippen molar-refractivity contribution in [2.75, 3.05) is 6.61 Å². The Hall–Kier alpha value is -1.00. The van der Waals surface area contributed by atoms with E-state index in [2.05, 4.69) is 0 Å². The Bertz CT molecular complexity index is 305. The van der Waals surface area contributed by atoms with E-state index in [1.54, 1.807) is 6.92 Å². The quantitative estimate of drug-likeness (QED) is 0.770. The highest BCUT2D eigenvalue weighted by molar-refractivity contribution is 5.26. The summed E-state index contributed by atoms with van der Waals surface area (Å²) in [5, 5.41) is 8.66. The van der Waals surface area contributed by atoms with Crippen LogP contribution in [0.3, 0.4) is 0 Å². The van der Waals surface area contributed by atoms with E-state index < -0.39 is 17.7 Å². The van der Waals surface area contributed by atoms with Gasteiger partial charge in [0.15, 0.2) is 0 Å². The molecule has 0 aliphatic carbocycles. The molecule has 0 heterocycles. The SMILES string of the molecule is Cc1cc(F)c(CC(N)CO)c(F)c1. The maximum Gasteiger partial charge on any atom is 0.129 e. The second-order valence-corrected chi connectivity index (χ2v) is 3.35. The van der Waals surface area contributed by atoms with E-state index in [4.69, 9.17) is 10.8 Å². The van der Waals surface area contributed by atoms with E-state index in [9.17, 15) is 8.78 Å². The minimum Gasteiger partial charge on any atom is -0.395 e. The third-order valence-electron chi connectivity index (χ3n) is 1.99. The summed E-state index contributed by atoms with van der Waals surface area (Å²) < 4.78 is 26.5. The highest BCUT2D eigenvalue weighted by atomic mass is 19.1. The number of hydrogen-bond acceptors (Lipinski definition) is 2. The second kappa shape index (κ2) is 4.48. The number of aliphatic hydroxyl groups excluding tert-OH is 1. The van der Waals surface area contributed by atoms with Crippen molar-refractivity contribution in [2.45, 2.75) is 19.4 Å². The van der Waals surface area contributed by atoms with Crippen molar-refractivity contribution in [3.63, 3.8) is 0 Å². The highest BCUT2D eigenvalue weighted by Crippen LogP contribution is 2.16. The third kappa shape index (κ3) is 2.49. The van der Waals surface area contributed by atoms with E-state index in [-0.39, 0.29) is 18.6 Å². The van der Waals surface area contributed by atoms with Gasteiger partial charge in [0.2, 0.25) is 0 Å². The number of aryl methyl sites for hydroxylation is 1. The first-order chi connectivity index (χ1) is 6.54. The predicted octanol–water partition coefficient (Wildman–Crippen LogP) is 1.14. The highest BCUT2D eigenvalue weighted by Gasteiger charge is 2.13. The van der Waals surface area contributed by atoms with Gasteiger partial charge in [0.1, 0.15) is 11.6 Å². The minimum atomic E-state index is -0.623. The first-order valence-electron chi connectivity index (χ1n) is 4.35. The van der Waals surface area contributed by atoms with Gasteiger partial charge in [-0.15, -0.1) is 0 Å². The fourth-order valence-corrected chi connectivity index (χ4v) is 1.25. The van der Waals surface area contributed by atoms with Gasteiger partial charge in [-0.25, -0.2) is 8.78 Å². The fraction of sp³-hybridized carbons (Fsp3) is 0.400. The normalized spacial score (nSPS) is 12.9. The minimum absolute atomic E-state index is 0.00838. The van der Waals surface area contributed by atoms with Gasteiger partial charge in [-0.3, -0.25) is 0 Å². The first-order valence-corrected chi connectivity index (χ1v) is 4.35. The predicted molar refractivity (Wildman–Crippen MR) is 49.9 cm³/mol. The number of rotatable bonds is 3. The van der Waals surface area contributed by atoms with E-state index in [1.165, 1.54) is 12.1 Å². The number of halogens is 2. The Balaban J connectivity index is 2.96. The lowest BCUT2D eigenvalue weighted by Crippen LogP contribution is -2.27. The molecule has 1 atom stereocenters. The lowest BCUT2D eigenvalue weighted by molar-refractivity contribution is 0.263.